The standard InChI is InChI=1S/C7H4O3/c8-6-4-1-3(4)2-5(6)7(9)10/h1-2,8H,(H,9,10). The first kappa shape index (κ1) is 5.29. The first-order chi connectivity index (χ1) is 4.70. The molecular formula is C7H4O3. The summed E-state index contributed by atoms with van der Waals surface area (Å²) in [5.41, 5.74) is 1.53. The Labute approximate surface area is 56.5 Å². The van der Waals surface area contributed by atoms with Gasteiger partial charge in [-0.1, -0.05) is 0 Å². The Bertz CT molecular complexity index is 328. The maximum absolute atomic E-state index is 10.3. The van der Waals surface area contributed by atoms with Crippen LogP contribution in [0, 0.1) is 0 Å². The Morgan fingerprint density at radius 1 is 1.40 bits per heavy atom. The minimum atomic E-state index is -1.07. The molecule has 3 nitrogen and oxygen atoms in total. The van der Waals surface area contributed by atoms with Gasteiger partial charge in [-0.3, -0.25) is 0 Å². The Kier molecular flexibility index (Phi) is 0.695. The molecular weight excluding hydrogens is 132 g/mol. The molecule has 0 saturated carbocycles. The van der Waals surface area contributed by atoms with Gasteiger partial charge < -0.3 is 10.2 Å². The van der Waals surface area contributed by atoms with Crippen molar-refractivity contribution in [2.45, 2.75) is 0 Å². The average Bonchev–Trinajstić information content (AvgIpc) is 2.54. The Hall–Kier alpha value is -1.51. The van der Waals surface area contributed by atoms with Gasteiger partial charge in [-0.2, -0.15) is 0 Å². The van der Waals surface area contributed by atoms with Crippen molar-refractivity contribution in [2.24, 2.45) is 0 Å². The summed E-state index contributed by atoms with van der Waals surface area (Å²) in [4.78, 5) is 10.3. The quantitative estimate of drug-likeness (QED) is 0.616. The highest BCUT2D eigenvalue weighted by Gasteiger charge is 2.25. The number of aromatic carboxylic acids is 1. The van der Waals surface area contributed by atoms with Crippen LogP contribution < -0.4 is 0 Å². The summed E-state index contributed by atoms with van der Waals surface area (Å²) in [5.74, 6) is -1.17. The highest BCUT2D eigenvalue weighted by atomic mass is 16.4. The lowest BCUT2D eigenvalue weighted by Gasteiger charge is -1.88. The molecule has 0 aliphatic heterocycles. The number of carboxylic acid groups (broad SMARTS) is 1. The third-order valence-corrected chi connectivity index (χ3v) is 1.57. The number of phenols is 1. The molecule has 0 aromatic carbocycles. The van der Waals surface area contributed by atoms with E-state index in [1.807, 2.05) is 0 Å². The van der Waals surface area contributed by atoms with E-state index in [-0.39, 0.29) is 11.3 Å². The van der Waals surface area contributed by atoms with Crippen LogP contribution >= 0.6 is 0 Å². The molecule has 0 unspecified atom stereocenters. The minimum absolute atomic E-state index is 0.00694. The van der Waals surface area contributed by atoms with E-state index >= 15 is 0 Å². The molecule has 0 heterocycles. The molecule has 2 aliphatic carbocycles. The number of hydrogen-bond donors (Lipinski definition) is 2. The topological polar surface area (TPSA) is 57.5 Å². The van der Waals surface area contributed by atoms with Crippen LogP contribution in [0.15, 0.2) is 12.1 Å². The van der Waals surface area contributed by atoms with E-state index in [0.29, 0.717) is 5.56 Å². The van der Waals surface area contributed by atoms with Crippen molar-refractivity contribution in [3.63, 3.8) is 0 Å². The summed E-state index contributed by atoms with van der Waals surface area (Å²) in [6.45, 7) is 0. The van der Waals surface area contributed by atoms with Crippen molar-refractivity contribution in [1.82, 2.24) is 0 Å². The average molecular weight is 136 g/mol. The van der Waals surface area contributed by atoms with Crippen molar-refractivity contribution >= 4 is 5.97 Å². The summed E-state index contributed by atoms with van der Waals surface area (Å²) in [5, 5.41) is 17.5. The number of benzene rings is 1. The van der Waals surface area contributed by atoms with Crippen LogP contribution in [0.3, 0.4) is 0 Å². The molecule has 0 radical (unpaired) electrons. The number of carbonyl (C=O) groups is 1. The van der Waals surface area contributed by atoms with E-state index in [4.69, 9.17) is 10.2 Å². The fraction of sp³-hybridized carbons (Fsp3) is 0. The largest absolute Gasteiger partial charge is 0.506 e. The van der Waals surface area contributed by atoms with Gasteiger partial charge in [0.15, 0.2) is 0 Å². The van der Waals surface area contributed by atoms with Crippen molar-refractivity contribution in [3.05, 3.63) is 17.7 Å². The Morgan fingerprint density at radius 2 is 2.10 bits per heavy atom. The van der Waals surface area contributed by atoms with Crippen molar-refractivity contribution < 1.29 is 15.0 Å². The van der Waals surface area contributed by atoms with E-state index < -0.39 is 5.97 Å². The molecule has 0 atom stereocenters. The van der Waals surface area contributed by atoms with Crippen molar-refractivity contribution in [3.8, 4) is 16.9 Å². The van der Waals surface area contributed by atoms with Crippen LogP contribution in [0.2, 0.25) is 0 Å². The minimum Gasteiger partial charge on any atom is -0.506 e. The first-order valence-electron chi connectivity index (χ1n) is 2.81. The maximum atomic E-state index is 10.3. The van der Waals surface area contributed by atoms with Gasteiger partial charge in [-0.15, -0.1) is 0 Å². The van der Waals surface area contributed by atoms with E-state index in [2.05, 4.69) is 0 Å². The van der Waals surface area contributed by atoms with Gasteiger partial charge >= 0.3 is 5.97 Å². The molecule has 2 rings (SSSR count). The van der Waals surface area contributed by atoms with E-state index in [1.165, 1.54) is 6.07 Å². The molecule has 10 heavy (non-hydrogen) atoms. The van der Waals surface area contributed by atoms with Crippen LogP contribution in [-0.4, -0.2) is 16.2 Å². The zero-order chi connectivity index (χ0) is 7.30. The van der Waals surface area contributed by atoms with E-state index in [0.717, 1.165) is 5.56 Å². The second-order valence-electron chi connectivity index (χ2n) is 2.23. The van der Waals surface area contributed by atoms with Gasteiger partial charge in [0.2, 0.25) is 0 Å². The lowest BCUT2D eigenvalue weighted by atomic mass is 10.3. The molecule has 0 aromatic heterocycles. The van der Waals surface area contributed by atoms with Gasteiger partial charge in [0.05, 0.1) is 0 Å². The van der Waals surface area contributed by atoms with Crippen molar-refractivity contribution in [2.75, 3.05) is 0 Å². The smallest absolute Gasteiger partial charge is 0.339 e. The molecule has 0 fully saturated rings. The SMILES string of the molecule is O=C(O)c1cc2cc-2c1O. The zero-order valence-corrected chi connectivity index (χ0v) is 4.96. The summed E-state index contributed by atoms with van der Waals surface area (Å²) < 4.78 is 0. The lowest BCUT2D eigenvalue weighted by Crippen LogP contribution is -1.92. The molecule has 2 N–H and O–H groups in total. The summed E-state index contributed by atoms with van der Waals surface area (Å²) in [6.07, 6.45) is 0. The fourth-order valence-corrected chi connectivity index (χ4v) is 0.976. The highest BCUT2D eigenvalue weighted by molar-refractivity contribution is 6.02. The van der Waals surface area contributed by atoms with Gasteiger partial charge in [0, 0.05) is 5.56 Å². The number of fused-ring (bicyclic) bond motifs is 1. The first-order valence-corrected chi connectivity index (χ1v) is 2.81. The molecule has 0 amide bonds. The molecule has 2 aliphatic rings. The highest BCUT2D eigenvalue weighted by Crippen LogP contribution is 2.45. The predicted octanol–water partition coefficient (Wildman–Crippen LogP) is 1.07. The van der Waals surface area contributed by atoms with Crippen LogP contribution in [-0.2, 0) is 0 Å². The number of rotatable bonds is 1. The van der Waals surface area contributed by atoms with Gasteiger partial charge in [0.25, 0.3) is 0 Å². The monoisotopic (exact) mass is 136 g/mol. The maximum Gasteiger partial charge on any atom is 0.339 e. The number of aromatic hydroxyl groups is 1. The molecule has 0 saturated heterocycles. The molecule has 0 bridgehead atoms. The second kappa shape index (κ2) is 1.31. The van der Waals surface area contributed by atoms with Gasteiger partial charge in [-0.25, -0.2) is 4.79 Å². The summed E-state index contributed by atoms with van der Waals surface area (Å²) in [6, 6.07) is 3.20. The van der Waals surface area contributed by atoms with Gasteiger partial charge in [-0.05, 0) is 17.7 Å². The van der Waals surface area contributed by atoms with E-state index in [1.54, 1.807) is 6.07 Å². The van der Waals surface area contributed by atoms with Crippen LogP contribution in [0.5, 0.6) is 5.75 Å². The Morgan fingerprint density at radius 3 is 2.40 bits per heavy atom. The Balaban J connectivity index is 2.58. The molecule has 0 spiro atoms. The summed E-state index contributed by atoms with van der Waals surface area (Å²) in [7, 11) is 0. The molecule has 50 valence electrons. The van der Waals surface area contributed by atoms with Crippen LogP contribution in [0.25, 0.3) is 11.1 Å². The second-order valence-corrected chi connectivity index (χ2v) is 2.23. The zero-order valence-electron chi connectivity index (χ0n) is 4.96. The fourth-order valence-electron chi connectivity index (χ4n) is 0.976. The predicted molar refractivity (Wildman–Crippen MR) is 34.1 cm³/mol. The van der Waals surface area contributed by atoms with Crippen LogP contribution in [0.4, 0.5) is 0 Å². The van der Waals surface area contributed by atoms with Gasteiger partial charge in [0.1, 0.15) is 11.3 Å². The summed E-state index contributed by atoms with van der Waals surface area (Å²) >= 11 is 0. The van der Waals surface area contributed by atoms with E-state index in [9.17, 15) is 4.79 Å². The number of carboxylic acids is 1. The number of hydrogen-bond acceptors (Lipinski definition) is 2. The molecule has 0 aromatic rings. The van der Waals surface area contributed by atoms with Crippen molar-refractivity contribution in [1.29, 1.82) is 0 Å². The van der Waals surface area contributed by atoms with Crippen LogP contribution in [0.1, 0.15) is 10.4 Å². The third-order valence-electron chi connectivity index (χ3n) is 1.57. The normalized spacial score (nSPS) is 11.2. The molecule has 3 heteroatoms. The lowest BCUT2D eigenvalue weighted by molar-refractivity contribution is 0.0694. The third kappa shape index (κ3) is 0.466.